The molecule has 1 aromatic carbocycles. The van der Waals surface area contributed by atoms with Gasteiger partial charge in [-0.25, -0.2) is 4.39 Å². The van der Waals surface area contributed by atoms with Crippen molar-refractivity contribution in [3.8, 4) is 5.75 Å². The van der Waals surface area contributed by atoms with Crippen LogP contribution in [-0.2, 0) is 9.53 Å². The zero-order valence-electron chi connectivity index (χ0n) is 10.2. The molecular formula is C11H11F2NO5. The lowest BCUT2D eigenvalue weighted by Gasteiger charge is -2.13. The van der Waals surface area contributed by atoms with Gasteiger partial charge < -0.3 is 9.47 Å². The molecule has 0 amide bonds. The molecule has 19 heavy (non-hydrogen) atoms. The maximum absolute atomic E-state index is 13.4. The summed E-state index contributed by atoms with van der Waals surface area (Å²) in [5.74, 6) is -4.11. The van der Waals surface area contributed by atoms with Crippen LogP contribution in [0.5, 0.6) is 5.75 Å². The van der Waals surface area contributed by atoms with Gasteiger partial charge in [0.25, 0.3) is 0 Å². The number of nitrogens with zero attached hydrogens (tertiary/aromatic N) is 1. The Morgan fingerprint density at radius 1 is 1.47 bits per heavy atom. The van der Waals surface area contributed by atoms with Gasteiger partial charge in [-0.3, -0.25) is 14.9 Å². The fourth-order valence-electron chi connectivity index (χ4n) is 1.32. The number of esters is 1. The van der Waals surface area contributed by atoms with Gasteiger partial charge in [0.05, 0.1) is 4.92 Å². The Labute approximate surface area is 107 Å². The first-order valence-electron chi connectivity index (χ1n) is 5.25. The molecule has 0 aliphatic rings. The third kappa shape index (κ3) is 3.87. The van der Waals surface area contributed by atoms with E-state index in [2.05, 4.69) is 0 Å². The molecule has 8 heteroatoms. The zero-order valence-corrected chi connectivity index (χ0v) is 10.2. The number of benzene rings is 1. The van der Waals surface area contributed by atoms with Crippen LogP contribution < -0.4 is 4.74 Å². The summed E-state index contributed by atoms with van der Waals surface area (Å²) < 4.78 is 35.9. The minimum Gasteiger partial charge on any atom is -0.481 e. The number of hydrogen-bond acceptors (Lipinski definition) is 5. The van der Waals surface area contributed by atoms with Crippen molar-refractivity contribution >= 4 is 11.7 Å². The summed E-state index contributed by atoms with van der Waals surface area (Å²) in [5.41, 5.74) is -0.700. The highest BCUT2D eigenvalue weighted by atomic mass is 19.2. The average molecular weight is 275 g/mol. The fraction of sp³-hybridized carbons (Fsp3) is 0.364. The number of rotatable bonds is 5. The van der Waals surface area contributed by atoms with E-state index < -0.39 is 40.1 Å². The molecule has 1 atom stereocenters. The number of halogens is 2. The summed E-state index contributed by atoms with van der Waals surface area (Å²) in [4.78, 5) is 20.4. The van der Waals surface area contributed by atoms with Crippen LogP contribution in [0.3, 0.4) is 0 Å². The fourth-order valence-corrected chi connectivity index (χ4v) is 1.32. The van der Waals surface area contributed by atoms with Crippen molar-refractivity contribution in [1.29, 1.82) is 0 Å². The van der Waals surface area contributed by atoms with Gasteiger partial charge in [-0.15, -0.1) is 0 Å². The Balaban J connectivity index is 2.90. The molecule has 0 N–H and O–H groups in total. The summed E-state index contributed by atoms with van der Waals surface area (Å²) in [5, 5.41) is 10.7. The second-order valence-electron chi connectivity index (χ2n) is 3.70. The zero-order chi connectivity index (χ0) is 14.6. The number of nitro benzene ring substituents is 1. The van der Waals surface area contributed by atoms with E-state index in [-0.39, 0.29) is 6.61 Å². The Morgan fingerprint density at radius 3 is 2.63 bits per heavy atom. The van der Waals surface area contributed by atoms with Crippen LogP contribution in [0, 0.1) is 21.7 Å². The van der Waals surface area contributed by atoms with Crippen LogP contribution in [0.1, 0.15) is 13.8 Å². The summed E-state index contributed by atoms with van der Waals surface area (Å²) >= 11 is 0. The lowest BCUT2D eigenvalue weighted by atomic mass is 10.2. The average Bonchev–Trinajstić information content (AvgIpc) is 2.29. The lowest BCUT2D eigenvalue weighted by Crippen LogP contribution is -2.21. The van der Waals surface area contributed by atoms with Crippen LogP contribution in [0.2, 0.25) is 0 Å². The van der Waals surface area contributed by atoms with Crippen molar-refractivity contribution in [2.45, 2.75) is 20.0 Å². The molecule has 0 unspecified atom stereocenters. The van der Waals surface area contributed by atoms with Crippen molar-refractivity contribution < 1.29 is 28.0 Å². The second-order valence-corrected chi connectivity index (χ2v) is 3.70. The van der Waals surface area contributed by atoms with Gasteiger partial charge in [0.2, 0.25) is 11.6 Å². The van der Waals surface area contributed by atoms with Crippen LogP contribution in [0.4, 0.5) is 14.5 Å². The molecule has 0 fully saturated rings. The molecule has 104 valence electrons. The molecule has 0 heterocycles. The first kappa shape index (κ1) is 14.8. The Kier molecular flexibility index (Phi) is 4.74. The number of hydrogen-bond donors (Lipinski definition) is 0. The van der Waals surface area contributed by atoms with Crippen molar-refractivity contribution in [3.05, 3.63) is 33.9 Å². The summed E-state index contributed by atoms with van der Waals surface area (Å²) in [6.07, 6.45) is -0.750. The van der Waals surface area contributed by atoms with Gasteiger partial charge in [0.1, 0.15) is 12.7 Å². The normalized spacial score (nSPS) is 11.8. The van der Waals surface area contributed by atoms with E-state index in [9.17, 15) is 23.7 Å². The highest BCUT2D eigenvalue weighted by molar-refractivity contribution is 5.66. The lowest BCUT2D eigenvalue weighted by molar-refractivity contribution is -0.386. The predicted octanol–water partition coefficient (Wildman–Crippen LogP) is 2.20. The van der Waals surface area contributed by atoms with Crippen LogP contribution in [0.25, 0.3) is 0 Å². The van der Waals surface area contributed by atoms with E-state index in [0.717, 1.165) is 6.07 Å². The van der Waals surface area contributed by atoms with Crippen LogP contribution in [0.15, 0.2) is 12.1 Å². The summed E-state index contributed by atoms with van der Waals surface area (Å²) in [6.45, 7) is 2.28. The molecule has 0 spiro atoms. The molecule has 0 aliphatic carbocycles. The first-order chi connectivity index (χ1) is 8.82. The van der Waals surface area contributed by atoms with E-state index in [0.29, 0.717) is 6.07 Å². The number of carbonyl (C=O) groups excluding carboxylic acids is 1. The highest BCUT2D eigenvalue weighted by Gasteiger charge is 2.24. The SMILES string of the molecule is CC(=O)O[C@H](C)COc1c([N+](=O)[O-])ccc(F)c1F. The Bertz CT molecular complexity index is 506. The molecule has 1 aromatic rings. The van der Waals surface area contributed by atoms with Crippen molar-refractivity contribution in [2.75, 3.05) is 6.61 Å². The van der Waals surface area contributed by atoms with Gasteiger partial charge in [0.15, 0.2) is 5.82 Å². The Morgan fingerprint density at radius 2 is 2.11 bits per heavy atom. The molecule has 6 nitrogen and oxygen atoms in total. The van der Waals surface area contributed by atoms with E-state index in [4.69, 9.17) is 9.47 Å². The molecule has 0 saturated heterocycles. The maximum Gasteiger partial charge on any atom is 0.314 e. The summed E-state index contributed by atoms with van der Waals surface area (Å²) in [6, 6.07) is 1.43. The van der Waals surface area contributed by atoms with E-state index in [1.807, 2.05) is 0 Å². The predicted molar refractivity (Wildman–Crippen MR) is 59.7 cm³/mol. The highest BCUT2D eigenvalue weighted by Crippen LogP contribution is 2.31. The molecule has 0 aliphatic heterocycles. The molecule has 0 aromatic heterocycles. The van der Waals surface area contributed by atoms with Gasteiger partial charge in [0, 0.05) is 13.0 Å². The van der Waals surface area contributed by atoms with Gasteiger partial charge >= 0.3 is 11.7 Å². The topological polar surface area (TPSA) is 78.7 Å². The van der Waals surface area contributed by atoms with Crippen molar-refractivity contribution in [1.82, 2.24) is 0 Å². The smallest absolute Gasteiger partial charge is 0.314 e. The molecular weight excluding hydrogens is 264 g/mol. The standard InChI is InChI=1S/C11H11F2NO5/c1-6(19-7(2)15)5-18-11-9(14(16)17)4-3-8(12)10(11)13/h3-4,6H,5H2,1-2H3/t6-/m1/s1. The third-order valence-corrected chi connectivity index (χ3v) is 2.06. The summed E-state index contributed by atoms with van der Waals surface area (Å²) in [7, 11) is 0. The van der Waals surface area contributed by atoms with E-state index in [1.54, 1.807) is 0 Å². The van der Waals surface area contributed by atoms with Crippen molar-refractivity contribution in [3.63, 3.8) is 0 Å². The largest absolute Gasteiger partial charge is 0.481 e. The number of ether oxygens (including phenoxy) is 2. The number of nitro groups is 1. The quantitative estimate of drug-likeness (QED) is 0.467. The minimum atomic E-state index is -1.45. The van der Waals surface area contributed by atoms with Gasteiger partial charge in [-0.1, -0.05) is 0 Å². The monoisotopic (exact) mass is 275 g/mol. The third-order valence-electron chi connectivity index (χ3n) is 2.06. The van der Waals surface area contributed by atoms with Gasteiger partial charge in [-0.05, 0) is 13.0 Å². The van der Waals surface area contributed by atoms with Crippen LogP contribution >= 0.6 is 0 Å². The van der Waals surface area contributed by atoms with Crippen molar-refractivity contribution in [2.24, 2.45) is 0 Å². The Hall–Kier alpha value is -2.25. The molecule has 0 bridgehead atoms. The maximum atomic E-state index is 13.4. The number of carbonyl (C=O) groups is 1. The van der Waals surface area contributed by atoms with E-state index in [1.165, 1.54) is 13.8 Å². The van der Waals surface area contributed by atoms with Gasteiger partial charge in [-0.2, -0.15) is 4.39 Å². The molecule has 0 saturated carbocycles. The molecule has 1 rings (SSSR count). The minimum absolute atomic E-state index is 0.333. The van der Waals surface area contributed by atoms with E-state index >= 15 is 0 Å². The van der Waals surface area contributed by atoms with Crippen LogP contribution in [-0.4, -0.2) is 23.6 Å². The molecule has 0 radical (unpaired) electrons. The first-order valence-corrected chi connectivity index (χ1v) is 5.25. The second kappa shape index (κ2) is 6.07.